The molecule has 1 saturated carbocycles. The number of hydrogen-bond donors (Lipinski definition) is 0. The molecule has 5 heteroatoms. The Kier molecular flexibility index (Phi) is 6.83. The third-order valence-electron chi connectivity index (χ3n) is 6.74. The largest absolute Gasteiger partial charge is 0.366 e. The zero-order valence-corrected chi connectivity index (χ0v) is 18.9. The molecule has 162 valence electrons. The van der Waals surface area contributed by atoms with E-state index >= 15 is 0 Å². The Morgan fingerprint density at radius 1 is 1.16 bits per heavy atom. The number of nitrogens with zero attached hydrogens (tertiary/aromatic N) is 3. The van der Waals surface area contributed by atoms with Crippen molar-refractivity contribution in [1.82, 2.24) is 4.90 Å². The molecule has 1 amide bonds. The molecule has 1 atom stereocenters. The fourth-order valence-corrected chi connectivity index (χ4v) is 5.24. The second kappa shape index (κ2) is 9.75. The molecule has 2 fully saturated rings. The molecule has 2 aromatic rings. The van der Waals surface area contributed by atoms with E-state index < -0.39 is 0 Å². The summed E-state index contributed by atoms with van der Waals surface area (Å²) in [7, 11) is 0. The summed E-state index contributed by atoms with van der Waals surface area (Å²) < 4.78 is 0. The SMILES string of the molecule is Cc1cccc(C(=O)N2CCC(N(CC3CCCCC3)c3ccc(C#N)c(Cl)c3)C2)c1. The Morgan fingerprint density at radius 3 is 2.68 bits per heavy atom. The van der Waals surface area contributed by atoms with Gasteiger partial charge in [-0.3, -0.25) is 4.79 Å². The molecule has 0 aromatic heterocycles. The summed E-state index contributed by atoms with van der Waals surface area (Å²) in [6, 6.07) is 16.0. The number of anilines is 1. The van der Waals surface area contributed by atoms with Crippen molar-refractivity contribution in [1.29, 1.82) is 5.26 Å². The van der Waals surface area contributed by atoms with E-state index in [2.05, 4.69) is 11.0 Å². The molecule has 2 aromatic carbocycles. The van der Waals surface area contributed by atoms with Crippen molar-refractivity contribution in [3.63, 3.8) is 0 Å². The van der Waals surface area contributed by atoms with Crippen molar-refractivity contribution in [2.45, 2.75) is 51.5 Å². The molecular formula is C26H30ClN3O. The summed E-state index contributed by atoms with van der Waals surface area (Å²) in [5.41, 5.74) is 3.43. The topological polar surface area (TPSA) is 47.3 Å². The van der Waals surface area contributed by atoms with Crippen LogP contribution in [0.5, 0.6) is 0 Å². The highest BCUT2D eigenvalue weighted by molar-refractivity contribution is 6.32. The van der Waals surface area contributed by atoms with Crippen LogP contribution in [0, 0.1) is 24.2 Å². The van der Waals surface area contributed by atoms with E-state index in [0.717, 1.165) is 42.9 Å². The van der Waals surface area contributed by atoms with Gasteiger partial charge >= 0.3 is 0 Å². The van der Waals surface area contributed by atoms with Crippen molar-refractivity contribution in [2.24, 2.45) is 5.92 Å². The molecule has 0 bridgehead atoms. The number of carbonyl (C=O) groups is 1. The zero-order valence-electron chi connectivity index (χ0n) is 18.2. The highest BCUT2D eigenvalue weighted by atomic mass is 35.5. The summed E-state index contributed by atoms with van der Waals surface area (Å²) in [6.45, 7) is 4.49. The number of aryl methyl sites for hydroxylation is 1. The van der Waals surface area contributed by atoms with E-state index in [4.69, 9.17) is 11.6 Å². The summed E-state index contributed by atoms with van der Waals surface area (Å²) in [5.74, 6) is 0.784. The van der Waals surface area contributed by atoms with Crippen LogP contribution in [-0.4, -0.2) is 36.5 Å². The van der Waals surface area contributed by atoms with Gasteiger partial charge in [0.1, 0.15) is 6.07 Å². The van der Waals surface area contributed by atoms with Crippen LogP contribution in [0.2, 0.25) is 5.02 Å². The first-order chi connectivity index (χ1) is 15.0. The van der Waals surface area contributed by atoms with Gasteiger partial charge in [0.05, 0.1) is 10.6 Å². The van der Waals surface area contributed by atoms with Gasteiger partial charge in [-0.15, -0.1) is 0 Å². The van der Waals surface area contributed by atoms with E-state index in [1.165, 1.54) is 32.1 Å². The van der Waals surface area contributed by atoms with E-state index in [1.54, 1.807) is 0 Å². The average molecular weight is 436 g/mol. The fraction of sp³-hybridized carbons (Fsp3) is 0.462. The van der Waals surface area contributed by atoms with E-state index in [1.807, 2.05) is 54.3 Å². The highest BCUT2D eigenvalue weighted by Crippen LogP contribution is 2.32. The summed E-state index contributed by atoms with van der Waals surface area (Å²) in [6.07, 6.45) is 7.41. The third-order valence-corrected chi connectivity index (χ3v) is 7.05. The minimum Gasteiger partial charge on any atom is -0.366 e. The van der Waals surface area contributed by atoms with Crippen LogP contribution >= 0.6 is 11.6 Å². The number of hydrogen-bond acceptors (Lipinski definition) is 3. The van der Waals surface area contributed by atoms with Gasteiger partial charge in [0, 0.05) is 36.9 Å². The number of halogens is 1. The van der Waals surface area contributed by atoms with E-state index in [9.17, 15) is 10.1 Å². The van der Waals surface area contributed by atoms with Gasteiger partial charge in [-0.1, -0.05) is 48.6 Å². The lowest BCUT2D eigenvalue weighted by Gasteiger charge is -2.36. The molecular weight excluding hydrogens is 406 g/mol. The van der Waals surface area contributed by atoms with Gasteiger partial charge in [0.25, 0.3) is 5.91 Å². The van der Waals surface area contributed by atoms with Gasteiger partial charge in [-0.2, -0.15) is 5.26 Å². The summed E-state index contributed by atoms with van der Waals surface area (Å²) >= 11 is 6.38. The van der Waals surface area contributed by atoms with Gasteiger partial charge in [0.15, 0.2) is 0 Å². The Balaban J connectivity index is 1.54. The Morgan fingerprint density at radius 2 is 1.97 bits per heavy atom. The predicted octanol–water partition coefficient (Wildman–Crippen LogP) is 5.82. The van der Waals surface area contributed by atoms with Crippen molar-refractivity contribution in [3.05, 3.63) is 64.2 Å². The number of amides is 1. The maximum absolute atomic E-state index is 13.1. The third kappa shape index (κ3) is 5.05. The minimum atomic E-state index is 0.113. The van der Waals surface area contributed by atoms with Crippen molar-refractivity contribution < 1.29 is 4.79 Å². The first-order valence-electron chi connectivity index (χ1n) is 11.4. The summed E-state index contributed by atoms with van der Waals surface area (Å²) in [4.78, 5) is 17.5. The standard InChI is InChI=1S/C26H30ClN3O/c1-19-6-5-9-21(14-19)26(31)29-13-12-24(18-29)30(17-20-7-3-2-4-8-20)23-11-10-22(16-28)25(27)15-23/h5-6,9-11,14-15,20,24H,2-4,7-8,12-13,17-18H2,1H3. The van der Waals surface area contributed by atoms with Crippen LogP contribution in [0.15, 0.2) is 42.5 Å². The average Bonchev–Trinajstić information content (AvgIpc) is 3.27. The second-order valence-corrected chi connectivity index (χ2v) is 9.40. The predicted molar refractivity (Wildman–Crippen MR) is 126 cm³/mol. The maximum atomic E-state index is 13.1. The molecule has 1 heterocycles. The lowest BCUT2D eigenvalue weighted by atomic mass is 9.88. The van der Waals surface area contributed by atoms with Gasteiger partial charge in [-0.25, -0.2) is 0 Å². The van der Waals surface area contributed by atoms with Crippen LogP contribution in [0.1, 0.15) is 60.0 Å². The van der Waals surface area contributed by atoms with E-state index in [0.29, 0.717) is 16.5 Å². The molecule has 4 rings (SSSR count). The van der Waals surface area contributed by atoms with Crippen LogP contribution < -0.4 is 4.90 Å². The molecule has 1 aliphatic carbocycles. The molecule has 1 aliphatic heterocycles. The molecule has 1 saturated heterocycles. The Bertz CT molecular complexity index is 977. The van der Waals surface area contributed by atoms with Crippen molar-refractivity contribution in [2.75, 3.05) is 24.5 Å². The fourth-order valence-electron chi connectivity index (χ4n) is 5.03. The van der Waals surface area contributed by atoms with Gasteiger partial charge < -0.3 is 9.80 Å². The number of carbonyl (C=O) groups excluding carboxylic acids is 1. The monoisotopic (exact) mass is 435 g/mol. The summed E-state index contributed by atoms with van der Waals surface area (Å²) in [5, 5.41) is 9.75. The molecule has 0 N–H and O–H groups in total. The number of rotatable bonds is 5. The van der Waals surface area contributed by atoms with E-state index in [-0.39, 0.29) is 11.9 Å². The first-order valence-corrected chi connectivity index (χ1v) is 11.7. The number of benzene rings is 2. The molecule has 0 radical (unpaired) electrons. The lowest BCUT2D eigenvalue weighted by molar-refractivity contribution is 0.0790. The minimum absolute atomic E-state index is 0.113. The molecule has 0 spiro atoms. The molecule has 4 nitrogen and oxygen atoms in total. The molecule has 31 heavy (non-hydrogen) atoms. The van der Waals surface area contributed by atoms with Crippen LogP contribution in [0.3, 0.4) is 0 Å². The number of likely N-dealkylation sites (tertiary alicyclic amines) is 1. The first kappa shape index (κ1) is 21.7. The van der Waals surface area contributed by atoms with Crippen molar-refractivity contribution >= 4 is 23.2 Å². The van der Waals surface area contributed by atoms with Crippen LogP contribution in [-0.2, 0) is 0 Å². The number of nitriles is 1. The molecule has 2 aliphatic rings. The highest BCUT2D eigenvalue weighted by Gasteiger charge is 2.32. The maximum Gasteiger partial charge on any atom is 0.253 e. The Labute approximate surface area is 190 Å². The smallest absolute Gasteiger partial charge is 0.253 e. The van der Waals surface area contributed by atoms with Crippen LogP contribution in [0.25, 0.3) is 0 Å². The van der Waals surface area contributed by atoms with Crippen molar-refractivity contribution in [3.8, 4) is 6.07 Å². The lowest BCUT2D eigenvalue weighted by Crippen LogP contribution is -2.42. The molecule has 1 unspecified atom stereocenters. The van der Waals surface area contributed by atoms with Gasteiger partial charge in [0.2, 0.25) is 0 Å². The van der Waals surface area contributed by atoms with Crippen LogP contribution in [0.4, 0.5) is 5.69 Å². The zero-order chi connectivity index (χ0) is 21.8. The quantitative estimate of drug-likeness (QED) is 0.594. The Hall–Kier alpha value is -2.51. The normalized spacial score (nSPS) is 19.3. The second-order valence-electron chi connectivity index (χ2n) is 9.00. The van der Waals surface area contributed by atoms with Gasteiger partial charge in [-0.05, 0) is 62.4 Å².